The van der Waals surface area contributed by atoms with Crippen molar-refractivity contribution in [3.63, 3.8) is 0 Å². The molecule has 0 bridgehead atoms. The van der Waals surface area contributed by atoms with Gasteiger partial charge in [-0.25, -0.2) is 4.79 Å². The van der Waals surface area contributed by atoms with Crippen molar-refractivity contribution in [1.29, 1.82) is 0 Å². The smallest absolute Gasteiger partial charge is 0.376 e. The van der Waals surface area contributed by atoms with E-state index in [4.69, 9.17) is 10.8 Å². The van der Waals surface area contributed by atoms with Crippen LogP contribution in [0, 0.1) is 0 Å². The molecule has 0 saturated carbocycles. The number of aliphatic hydroxyl groups excluding tert-OH is 1. The summed E-state index contributed by atoms with van der Waals surface area (Å²) in [6.07, 6.45) is 2.10. The van der Waals surface area contributed by atoms with Gasteiger partial charge in [-0.2, -0.15) is 5.10 Å². The molecule has 108 valence electrons. The highest BCUT2D eigenvalue weighted by Gasteiger charge is 2.13. The molecule has 0 aliphatic heterocycles. The zero-order chi connectivity index (χ0) is 15.4. The van der Waals surface area contributed by atoms with Gasteiger partial charge in [-0.3, -0.25) is 9.48 Å². The number of aromatic nitrogens is 2. The molecule has 1 heterocycles. The van der Waals surface area contributed by atoms with Gasteiger partial charge in [0.05, 0.1) is 6.54 Å². The van der Waals surface area contributed by atoms with E-state index in [0.717, 1.165) is 5.56 Å². The molecule has 0 aliphatic rings. The molecule has 2 aromatic rings. The minimum Gasteiger partial charge on any atom is -0.506 e. The summed E-state index contributed by atoms with van der Waals surface area (Å²) in [6, 6.07) is 8.58. The number of benzene rings is 1. The zero-order valence-electron chi connectivity index (χ0n) is 10.9. The Labute approximate surface area is 119 Å². The molecule has 0 radical (unpaired) electrons. The van der Waals surface area contributed by atoms with Crippen LogP contribution < -0.4 is 5.73 Å². The van der Waals surface area contributed by atoms with Crippen molar-refractivity contribution in [2.75, 3.05) is 5.73 Å². The van der Waals surface area contributed by atoms with Crippen molar-refractivity contribution in [1.82, 2.24) is 9.78 Å². The second kappa shape index (κ2) is 5.91. The van der Waals surface area contributed by atoms with Gasteiger partial charge in [-0.1, -0.05) is 12.1 Å². The first-order valence-electron chi connectivity index (χ1n) is 6.02. The summed E-state index contributed by atoms with van der Waals surface area (Å²) in [5.41, 5.74) is 7.38. The van der Waals surface area contributed by atoms with Gasteiger partial charge >= 0.3 is 5.97 Å². The molecule has 0 amide bonds. The minimum absolute atomic E-state index is 0.251. The van der Waals surface area contributed by atoms with Gasteiger partial charge in [0.15, 0.2) is 0 Å². The SMILES string of the molecule is Nc1ccc(Cn2nccc2C(O)=CC(=O)C(=O)O)cc1. The molecule has 2 rings (SSSR count). The molecule has 0 unspecified atom stereocenters. The molecule has 7 heteroatoms. The number of nitrogens with two attached hydrogens (primary N) is 1. The monoisotopic (exact) mass is 287 g/mol. The highest BCUT2D eigenvalue weighted by atomic mass is 16.4. The molecule has 4 N–H and O–H groups in total. The second-order valence-electron chi connectivity index (χ2n) is 4.31. The zero-order valence-corrected chi connectivity index (χ0v) is 10.9. The van der Waals surface area contributed by atoms with Gasteiger partial charge in [0.25, 0.3) is 5.78 Å². The third-order valence-corrected chi connectivity index (χ3v) is 2.77. The van der Waals surface area contributed by atoms with Crippen molar-refractivity contribution in [3.05, 3.63) is 53.9 Å². The fourth-order valence-corrected chi connectivity index (χ4v) is 1.73. The van der Waals surface area contributed by atoms with Crippen LogP contribution in [0.2, 0.25) is 0 Å². The lowest BCUT2D eigenvalue weighted by atomic mass is 10.2. The van der Waals surface area contributed by atoms with E-state index >= 15 is 0 Å². The quantitative estimate of drug-likeness (QED) is 0.327. The summed E-state index contributed by atoms with van der Waals surface area (Å²) in [6.45, 7) is 0.349. The normalized spacial score (nSPS) is 11.3. The van der Waals surface area contributed by atoms with E-state index in [9.17, 15) is 14.7 Å². The maximum atomic E-state index is 11.1. The van der Waals surface area contributed by atoms with E-state index < -0.39 is 17.5 Å². The lowest BCUT2D eigenvalue weighted by Gasteiger charge is -2.07. The molecule has 0 atom stereocenters. The van der Waals surface area contributed by atoms with Crippen LogP contribution in [0.25, 0.3) is 5.76 Å². The number of hydrogen-bond donors (Lipinski definition) is 3. The molecular weight excluding hydrogens is 274 g/mol. The van der Waals surface area contributed by atoms with Crippen LogP contribution in [-0.4, -0.2) is 31.7 Å². The van der Waals surface area contributed by atoms with Crippen molar-refractivity contribution in [2.45, 2.75) is 6.54 Å². The third-order valence-electron chi connectivity index (χ3n) is 2.77. The van der Waals surface area contributed by atoms with Gasteiger partial charge < -0.3 is 15.9 Å². The molecular formula is C14H13N3O4. The Morgan fingerprint density at radius 2 is 1.86 bits per heavy atom. The topological polar surface area (TPSA) is 118 Å². The summed E-state index contributed by atoms with van der Waals surface area (Å²) < 4.78 is 1.45. The fraction of sp³-hybridized carbons (Fsp3) is 0.0714. The first-order chi connectivity index (χ1) is 9.97. The Balaban J connectivity index is 2.24. The minimum atomic E-state index is -1.63. The predicted molar refractivity (Wildman–Crippen MR) is 75.4 cm³/mol. The molecule has 0 aliphatic carbocycles. The summed E-state index contributed by atoms with van der Waals surface area (Å²) in [4.78, 5) is 21.5. The van der Waals surface area contributed by atoms with Crippen molar-refractivity contribution >= 4 is 23.2 Å². The van der Waals surface area contributed by atoms with Gasteiger partial charge in [0, 0.05) is 18.0 Å². The molecule has 1 aromatic heterocycles. The average molecular weight is 287 g/mol. The number of aliphatic carboxylic acids is 1. The van der Waals surface area contributed by atoms with Crippen molar-refractivity contribution in [3.8, 4) is 0 Å². The first-order valence-corrected chi connectivity index (χ1v) is 6.02. The second-order valence-corrected chi connectivity index (χ2v) is 4.31. The number of anilines is 1. The van der Waals surface area contributed by atoms with Gasteiger partial charge in [-0.15, -0.1) is 0 Å². The van der Waals surface area contributed by atoms with Crippen molar-refractivity contribution in [2.24, 2.45) is 0 Å². The molecule has 21 heavy (non-hydrogen) atoms. The Morgan fingerprint density at radius 3 is 2.48 bits per heavy atom. The van der Waals surface area contributed by atoms with Crippen LogP contribution in [0.5, 0.6) is 0 Å². The molecule has 0 fully saturated rings. The van der Waals surface area contributed by atoms with Gasteiger partial charge in [0.1, 0.15) is 11.5 Å². The van der Waals surface area contributed by atoms with Crippen molar-refractivity contribution < 1.29 is 19.8 Å². The van der Waals surface area contributed by atoms with Crippen LogP contribution in [0.15, 0.2) is 42.6 Å². The number of carboxylic acid groups (broad SMARTS) is 1. The number of aliphatic hydroxyl groups is 1. The number of carbonyl (C=O) groups excluding carboxylic acids is 1. The van der Waals surface area contributed by atoms with E-state index in [1.54, 1.807) is 12.1 Å². The number of rotatable bonds is 5. The molecule has 1 aromatic carbocycles. The highest BCUT2D eigenvalue weighted by molar-refractivity contribution is 6.38. The lowest BCUT2D eigenvalue weighted by molar-refractivity contribution is -0.146. The predicted octanol–water partition coefficient (Wildman–Crippen LogP) is 1.07. The lowest BCUT2D eigenvalue weighted by Crippen LogP contribution is -2.11. The van der Waals surface area contributed by atoms with Crippen LogP contribution in [0.3, 0.4) is 0 Å². The number of nitrogen functional groups attached to an aromatic ring is 1. The summed E-state index contributed by atoms with van der Waals surface area (Å²) in [7, 11) is 0. The molecule has 0 saturated heterocycles. The van der Waals surface area contributed by atoms with Gasteiger partial charge in [0.2, 0.25) is 0 Å². The average Bonchev–Trinajstić information content (AvgIpc) is 2.89. The summed E-state index contributed by atoms with van der Waals surface area (Å²) >= 11 is 0. The fourth-order valence-electron chi connectivity index (χ4n) is 1.73. The third kappa shape index (κ3) is 3.47. The Bertz CT molecular complexity index is 701. The summed E-state index contributed by atoms with van der Waals surface area (Å²) in [5.74, 6) is -3.28. The summed E-state index contributed by atoms with van der Waals surface area (Å²) in [5, 5.41) is 22.4. The van der Waals surface area contributed by atoms with Gasteiger partial charge in [-0.05, 0) is 23.8 Å². The van der Waals surface area contributed by atoms with Crippen LogP contribution in [0.1, 0.15) is 11.3 Å². The number of nitrogens with zero attached hydrogens (tertiary/aromatic N) is 2. The number of hydrogen-bond acceptors (Lipinski definition) is 5. The Morgan fingerprint density at radius 1 is 1.19 bits per heavy atom. The van der Waals surface area contributed by atoms with E-state index in [1.807, 2.05) is 12.1 Å². The number of ketones is 1. The van der Waals surface area contributed by atoms with Crippen LogP contribution in [0.4, 0.5) is 5.69 Å². The van der Waals surface area contributed by atoms with E-state index in [2.05, 4.69) is 5.10 Å². The molecule has 7 nitrogen and oxygen atoms in total. The van der Waals surface area contributed by atoms with Crippen LogP contribution >= 0.6 is 0 Å². The first kappa shape index (κ1) is 14.3. The van der Waals surface area contributed by atoms with Crippen LogP contribution in [-0.2, 0) is 16.1 Å². The maximum Gasteiger partial charge on any atom is 0.376 e. The van der Waals surface area contributed by atoms with E-state index in [-0.39, 0.29) is 5.69 Å². The number of carbonyl (C=O) groups is 2. The largest absolute Gasteiger partial charge is 0.506 e. The van der Waals surface area contributed by atoms with E-state index in [1.165, 1.54) is 16.9 Å². The highest BCUT2D eigenvalue weighted by Crippen LogP contribution is 2.14. The Kier molecular flexibility index (Phi) is 4.03. The molecule has 0 spiro atoms. The number of carboxylic acids is 1. The maximum absolute atomic E-state index is 11.1. The standard InChI is InChI=1S/C14H13N3O4/c15-10-3-1-9(2-4-10)8-17-11(5-6-16-17)12(18)7-13(19)14(20)21/h1-7,18H,8,15H2,(H,20,21). The van der Waals surface area contributed by atoms with E-state index in [0.29, 0.717) is 18.3 Å². The Hall–Kier alpha value is -3.09.